The van der Waals surface area contributed by atoms with Crippen LogP contribution < -0.4 is 0 Å². The number of benzene rings is 8. The Labute approximate surface area is 299 Å². The van der Waals surface area contributed by atoms with Gasteiger partial charge in [0.25, 0.3) is 0 Å². The van der Waals surface area contributed by atoms with Crippen molar-refractivity contribution in [3.8, 4) is 0 Å². The molecule has 0 spiro atoms. The van der Waals surface area contributed by atoms with Crippen LogP contribution in [-0.2, 0) is 6.42 Å². The van der Waals surface area contributed by atoms with Gasteiger partial charge in [0.1, 0.15) is 0 Å². The molecule has 0 aliphatic heterocycles. The van der Waals surface area contributed by atoms with Gasteiger partial charge in [0.05, 0.1) is 0 Å². The minimum absolute atomic E-state index is 1.06. The minimum atomic E-state index is -1.96. The van der Waals surface area contributed by atoms with Gasteiger partial charge in [-0.1, -0.05) is 152 Å². The van der Waals surface area contributed by atoms with Crippen LogP contribution in [0.25, 0.3) is 21.5 Å². The van der Waals surface area contributed by atoms with Crippen LogP contribution >= 0.6 is 18.1 Å². The van der Waals surface area contributed by atoms with Crippen molar-refractivity contribution in [2.45, 2.75) is 43.7 Å². The molecule has 0 fully saturated rings. The maximum absolute atomic E-state index is 2.46. The van der Waals surface area contributed by atoms with Crippen LogP contribution in [0, 0.1) is 0 Å². The van der Waals surface area contributed by atoms with Crippen LogP contribution in [0.1, 0.15) is 18.4 Å². The van der Waals surface area contributed by atoms with E-state index in [1.54, 1.807) is 0 Å². The van der Waals surface area contributed by atoms with E-state index in [-0.39, 0.29) is 0 Å². The molecule has 50 heavy (non-hydrogen) atoms. The third-order valence-electron chi connectivity index (χ3n) is 9.89. The van der Waals surface area contributed by atoms with Crippen molar-refractivity contribution < 1.29 is 0 Å². The average Bonchev–Trinajstić information content (AvgIpc) is 3.20. The summed E-state index contributed by atoms with van der Waals surface area (Å²) in [6.07, 6.45) is 3.30. The Hall–Kier alpha value is -5.02. The molecule has 0 unspecified atom stereocenters. The Bertz CT molecular complexity index is 2230. The Balaban J connectivity index is 1.43. The zero-order valence-electron chi connectivity index (χ0n) is 28.3. The monoisotopic (exact) mass is 682 g/mol. The van der Waals surface area contributed by atoms with Crippen molar-refractivity contribution in [3.05, 3.63) is 212 Å². The molecule has 8 aromatic rings. The van der Waals surface area contributed by atoms with Crippen LogP contribution in [0.2, 0.25) is 0 Å². The SMILES string of the molecule is c1ccc(S(CCCCc2cccc3ccccc23)(c2ccccc2)S(c2ccccc2)(c2ccccc2)c2cccc3ccccc23)cc1. The maximum Gasteiger partial charge on any atom is 0.0143 e. The van der Waals surface area contributed by atoms with Gasteiger partial charge in [-0.2, -0.15) is 0 Å². The van der Waals surface area contributed by atoms with E-state index in [4.69, 9.17) is 0 Å². The van der Waals surface area contributed by atoms with Gasteiger partial charge in [0.15, 0.2) is 0 Å². The molecule has 0 nitrogen and oxygen atoms in total. The highest BCUT2D eigenvalue weighted by molar-refractivity contribution is 9.08. The summed E-state index contributed by atoms with van der Waals surface area (Å²) in [7, 11) is -3.78. The summed E-state index contributed by atoms with van der Waals surface area (Å²) < 4.78 is 0. The number of hydrogen-bond donors (Lipinski definition) is 0. The molecule has 0 bridgehead atoms. The molecular formula is C48H42S2. The molecule has 0 aliphatic carbocycles. The standard InChI is InChI=1S/C48H42S2/c1-5-27-42(28-6-1)49(43-29-7-2-8-30-43,38-18-17-23-40-25-19-24-39-21-13-15-35-46(39)40)50(44-31-9-3-10-32-44,45-33-11-4-12-34-45)48-37-20-26-41-22-14-16-36-47(41)48/h1-16,19-22,24-37H,17-18,23,38H2. The molecule has 0 aromatic heterocycles. The lowest BCUT2D eigenvalue weighted by atomic mass is 10.0. The summed E-state index contributed by atoms with van der Waals surface area (Å²) in [6.45, 7) is 0. The molecule has 0 radical (unpaired) electrons. The third kappa shape index (κ3) is 5.63. The topological polar surface area (TPSA) is 0 Å². The number of aryl methyl sites for hydroxylation is 1. The lowest BCUT2D eigenvalue weighted by Crippen LogP contribution is -2.19. The maximum atomic E-state index is 2.46. The summed E-state index contributed by atoms with van der Waals surface area (Å²) in [5, 5.41) is 5.34. The van der Waals surface area contributed by atoms with E-state index in [0.717, 1.165) is 25.0 Å². The van der Waals surface area contributed by atoms with Crippen LogP contribution in [0.4, 0.5) is 0 Å². The highest BCUT2D eigenvalue weighted by Gasteiger charge is 2.49. The van der Waals surface area contributed by atoms with Gasteiger partial charge in [-0.05, 0) is 107 Å². The summed E-state index contributed by atoms with van der Waals surface area (Å²) in [6, 6.07) is 77.9. The van der Waals surface area contributed by atoms with E-state index in [2.05, 4.69) is 206 Å². The number of hydrogen-bond acceptors (Lipinski definition) is 0. The van der Waals surface area contributed by atoms with Gasteiger partial charge in [-0.25, -0.2) is 0 Å². The molecule has 0 aliphatic rings. The van der Waals surface area contributed by atoms with Crippen LogP contribution in [0.3, 0.4) is 0 Å². The first-order valence-corrected chi connectivity index (χ1v) is 21.6. The van der Waals surface area contributed by atoms with Crippen LogP contribution in [0.5, 0.6) is 0 Å². The second-order valence-electron chi connectivity index (χ2n) is 12.8. The number of unbranched alkanes of at least 4 members (excludes halogenated alkanes) is 1. The largest absolute Gasteiger partial charge is 0.143 e. The summed E-state index contributed by atoms with van der Waals surface area (Å²) in [5.74, 6) is 1.08. The Kier molecular flexibility index (Phi) is 9.31. The van der Waals surface area contributed by atoms with Crippen molar-refractivity contribution in [2.75, 3.05) is 5.75 Å². The molecular weight excluding hydrogens is 641 g/mol. The summed E-state index contributed by atoms with van der Waals surface area (Å²) in [4.78, 5) is 7.18. The minimum Gasteiger partial charge on any atom is -0.143 e. The molecule has 0 heterocycles. The molecule has 8 aromatic carbocycles. The van der Waals surface area contributed by atoms with Crippen LogP contribution in [0.15, 0.2) is 231 Å². The smallest absolute Gasteiger partial charge is 0.0143 e. The second kappa shape index (κ2) is 14.5. The van der Waals surface area contributed by atoms with E-state index < -0.39 is 18.1 Å². The highest BCUT2D eigenvalue weighted by atomic mass is 33.2. The molecule has 0 amide bonds. The molecule has 0 N–H and O–H groups in total. The first kappa shape index (κ1) is 32.2. The lowest BCUT2D eigenvalue weighted by molar-refractivity contribution is 0.803. The molecule has 0 saturated carbocycles. The summed E-state index contributed by atoms with van der Waals surface area (Å²) in [5.41, 5.74) is 1.45. The second-order valence-corrected chi connectivity index (χ2v) is 21.2. The van der Waals surface area contributed by atoms with Gasteiger partial charge in [0.2, 0.25) is 0 Å². The summed E-state index contributed by atoms with van der Waals surface area (Å²) >= 11 is 0. The van der Waals surface area contributed by atoms with Crippen molar-refractivity contribution >= 4 is 39.7 Å². The van der Waals surface area contributed by atoms with Crippen LogP contribution in [-0.4, -0.2) is 5.75 Å². The quantitative estimate of drug-likeness (QED) is 0.0941. The number of rotatable bonds is 11. The van der Waals surface area contributed by atoms with Crippen molar-refractivity contribution in [2.24, 2.45) is 0 Å². The third-order valence-corrected chi connectivity index (χ3v) is 22.4. The lowest BCUT2D eigenvalue weighted by Gasteiger charge is -2.61. The predicted octanol–water partition coefficient (Wildman–Crippen LogP) is 14.1. The molecule has 0 saturated heterocycles. The van der Waals surface area contributed by atoms with E-state index in [1.165, 1.54) is 51.6 Å². The van der Waals surface area contributed by atoms with E-state index in [0.29, 0.717) is 0 Å². The van der Waals surface area contributed by atoms with E-state index in [9.17, 15) is 0 Å². The zero-order valence-corrected chi connectivity index (χ0v) is 29.9. The van der Waals surface area contributed by atoms with Gasteiger partial charge < -0.3 is 0 Å². The molecule has 0 atom stereocenters. The molecule has 2 heteroatoms. The fraction of sp³-hybridized carbons (Fsp3) is 0.0833. The van der Waals surface area contributed by atoms with Gasteiger partial charge in [-0.3, -0.25) is 0 Å². The highest BCUT2D eigenvalue weighted by Crippen LogP contribution is 2.97. The average molecular weight is 683 g/mol. The van der Waals surface area contributed by atoms with Crippen molar-refractivity contribution in [3.63, 3.8) is 0 Å². The first-order chi connectivity index (χ1) is 24.8. The van der Waals surface area contributed by atoms with E-state index >= 15 is 0 Å². The van der Waals surface area contributed by atoms with Crippen molar-refractivity contribution in [1.82, 2.24) is 0 Å². The van der Waals surface area contributed by atoms with Gasteiger partial charge >= 0.3 is 0 Å². The molecule has 8 rings (SSSR count). The number of fused-ring (bicyclic) bond motifs is 2. The molecule has 246 valence electrons. The fourth-order valence-corrected chi connectivity index (χ4v) is 22.2. The normalized spacial score (nSPS) is 12.6. The van der Waals surface area contributed by atoms with Gasteiger partial charge in [-0.15, -0.1) is 18.1 Å². The van der Waals surface area contributed by atoms with Crippen molar-refractivity contribution in [1.29, 1.82) is 0 Å². The Morgan fingerprint density at radius 1 is 0.320 bits per heavy atom. The Morgan fingerprint density at radius 3 is 1.30 bits per heavy atom. The fourth-order valence-electron chi connectivity index (χ4n) is 7.74. The van der Waals surface area contributed by atoms with Gasteiger partial charge in [0, 0.05) is 24.5 Å². The zero-order chi connectivity index (χ0) is 33.6. The first-order valence-electron chi connectivity index (χ1n) is 17.6. The van der Waals surface area contributed by atoms with E-state index in [1.807, 2.05) is 0 Å². The Morgan fingerprint density at radius 2 is 0.740 bits per heavy atom. The predicted molar refractivity (Wildman–Crippen MR) is 218 cm³/mol.